The minimum absolute atomic E-state index is 0.0455. The summed E-state index contributed by atoms with van der Waals surface area (Å²) >= 11 is 13.4. The van der Waals surface area contributed by atoms with Crippen molar-refractivity contribution in [3.8, 4) is 0 Å². The molecule has 0 fully saturated rings. The van der Waals surface area contributed by atoms with E-state index in [1.807, 2.05) is 0 Å². The van der Waals surface area contributed by atoms with Gasteiger partial charge in [-0.05, 0) is 50.1 Å². The minimum atomic E-state index is -3.87. The van der Waals surface area contributed by atoms with Crippen LogP contribution >= 0.6 is 54.8 Å². The molecule has 1 heterocycles. The van der Waals surface area contributed by atoms with Gasteiger partial charge in [-0.25, -0.2) is 12.8 Å². The van der Waals surface area contributed by atoms with Gasteiger partial charge in [0.05, 0.1) is 14.5 Å². The summed E-state index contributed by atoms with van der Waals surface area (Å²) in [5.41, 5.74) is 5.57. The number of hydrogen-bond acceptors (Lipinski definition) is 4. The van der Waals surface area contributed by atoms with E-state index in [-0.39, 0.29) is 26.6 Å². The molecule has 3 N–H and O–H groups in total. The largest absolute Gasteiger partial charge is 0.326 e. The van der Waals surface area contributed by atoms with Crippen LogP contribution < -0.4 is 10.5 Å². The van der Waals surface area contributed by atoms with Crippen molar-refractivity contribution in [3.05, 3.63) is 42.2 Å². The van der Waals surface area contributed by atoms with Crippen LogP contribution in [0.25, 0.3) is 0 Å². The van der Waals surface area contributed by atoms with Crippen molar-refractivity contribution >= 4 is 70.5 Å². The summed E-state index contributed by atoms with van der Waals surface area (Å²) in [7, 11) is -3.87. The van der Waals surface area contributed by atoms with E-state index >= 15 is 0 Å². The smallest absolute Gasteiger partial charge is 0.263 e. The summed E-state index contributed by atoms with van der Waals surface area (Å²) in [6.07, 6.45) is 0. The molecule has 2 aromatic rings. The van der Waals surface area contributed by atoms with Gasteiger partial charge in [-0.2, -0.15) is 0 Å². The lowest BCUT2D eigenvalue weighted by atomic mass is 10.3. The minimum Gasteiger partial charge on any atom is -0.326 e. The highest BCUT2D eigenvalue weighted by Crippen LogP contribution is 2.36. The fourth-order valence-electron chi connectivity index (χ4n) is 1.51. The first-order valence-electron chi connectivity index (χ1n) is 5.40. The summed E-state index contributed by atoms with van der Waals surface area (Å²) in [5.74, 6) is -0.572. The third kappa shape index (κ3) is 3.77. The fraction of sp³-hybridized carbons (Fsp3) is 0.0909. The summed E-state index contributed by atoms with van der Waals surface area (Å²) in [6, 6.07) is 3.62. The maximum atomic E-state index is 13.2. The highest BCUT2D eigenvalue weighted by Gasteiger charge is 2.23. The lowest BCUT2D eigenvalue weighted by Crippen LogP contribution is -2.13. The van der Waals surface area contributed by atoms with E-state index in [1.54, 1.807) is 0 Å². The van der Waals surface area contributed by atoms with Crippen LogP contribution in [0.3, 0.4) is 0 Å². The van der Waals surface area contributed by atoms with Gasteiger partial charge in [0.25, 0.3) is 10.0 Å². The molecule has 2 rings (SSSR count). The van der Waals surface area contributed by atoms with E-state index in [0.717, 1.165) is 12.1 Å². The molecule has 0 bridgehead atoms. The zero-order valence-corrected chi connectivity index (χ0v) is 15.7. The summed E-state index contributed by atoms with van der Waals surface area (Å²) in [6.45, 7) is 0.236. The number of hydrogen-bond donors (Lipinski definition) is 2. The Morgan fingerprint density at radius 1 is 1.33 bits per heavy atom. The molecular formula is C11H8Br2ClFN2O2S2. The Morgan fingerprint density at radius 2 is 2.00 bits per heavy atom. The van der Waals surface area contributed by atoms with Gasteiger partial charge in [0, 0.05) is 15.9 Å². The fourth-order valence-corrected chi connectivity index (χ4v) is 6.26. The van der Waals surface area contributed by atoms with Crippen molar-refractivity contribution in [2.75, 3.05) is 4.72 Å². The van der Waals surface area contributed by atoms with Gasteiger partial charge in [0.2, 0.25) is 0 Å². The van der Waals surface area contributed by atoms with Gasteiger partial charge >= 0.3 is 0 Å². The zero-order valence-electron chi connectivity index (χ0n) is 10.2. The second-order valence-electron chi connectivity index (χ2n) is 3.90. The predicted octanol–water partition coefficient (Wildman–Crippen LogP) is 4.33. The van der Waals surface area contributed by atoms with Crippen LogP contribution in [0, 0.1) is 5.82 Å². The summed E-state index contributed by atoms with van der Waals surface area (Å²) in [4.78, 5) is 0.770. The Bertz CT molecular complexity index is 773. The third-order valence-corrected chi connectivity index (χ3v) is 6.99. The molecule has 0 aliphatic carbocycles. The van der Waals surface area contributed by atoms with Crippen molar-refractivity contribution in [3.63, 3.8) is 0 Å². The van der Waals surface area contributed by atoms with Crippen molar-refractivity contribution in [1.82, 2.24) is 0 Å². The molecule has 0 amide bonds. The molecule has 0 saturated carbocycles. The zero-order chi connectivity index (χ0) is 15.8. The first-order valence-corrected chi connectivity index (χ1v) is 9.66. The molecule has 0 atom stereocenters. The number of benzene rings is 1. The molecule has 10 heteroatoms. The third-order valence-electron chi connectivity index (χ3n) is 2.44. The molecule has 0 aliphatic heterocycles. The van der Waals surface area contributed by atoms with Crippen LogP contribution in [0.5, 0.6) is 0 Å². The second-order valence-corrected chi connectivity index (χ2v) is 9.27. The Hall–Kier alpha value is -0.190. The quantitative estimate of drug-likeness (QED) is 0.687. The van der Waals surface area contributed by atoms with Gasteiger partial charge in [0.15, 0.2) is 0 Å². The van der Waals surface area contributed by atoms with E-state index in [2.05, 4.69) is 36.6 Å². The van der Waals surface area contributed by atoms with Gasteiger partial charge in [-0.1, -0.05) is 11.6 Å². The van der Waals surface area contributed by atoms with Crippen molar-refractivity contribution in [1.29, 1.82) is 0 Å². The highest BCUT2D eigenvalue weighted by molar-refractivity contribution is 9.11. The summed E-state index contributed by atoms with van der Waals surface area (Å²) in [5, 5.41) is -0.0455. The molecule has 0 radical (unpaired) electrons. The van der Waals surface area contributed by atoms with Gasteiger partial charge in [-0.3, -0.25) is 4.72 Å². The lowest BCUT2D eigenvalue weighted by molar-refractivity contribution is 0.601. The predicted molar refractivity (Wildman–Crippen MR) is 89.8 cm³/mol. The number of thiophene rings is 1. The molecule has 0 aliphatic rings. The number of nitrogens with two attached hydrogens (primary N) is 1. The van der Waals surface area contributed by atoms with Gasteiger partial charge < -0.3 is 5.73 Å². The first-order chi connectivity index (χ1) is 9.74. The lowest BCUT2D eigenvalue weighted by Gasteiger charge is -2.11. The van der Waals surface area contributed by atoms with Crippen LogP contribution in [0.2, 0.25) is 5.02 Å². The Morgan fingerprint density at radius 3 is 2.52 bits per heavy atom. The average Bonchev–Trinajstić information content (AvgIpc) is 2.76. The van der Waals surface area contributed by atoms with Gasteiger partial charge in [-0.15, -0.1) is 11.3 Å². The molecule has 0 spiro atoms. The van der Waals surface area contributed by atoms with Crippen LogP contribution in [0.15, 0.2) is 31.4 Å². The molecule has 0 unspecified atom stereocenters. The van der Waals surface area contributed by atoms with E-state index in [9.17, 15) is 12.8 Å². The second kappa shape index (κ2) is 6.51. The Balaban J connectivity index is 2.44. The Kier molecular flexibility index (Phi) is 5.32. The number of rotatable bonds is 4. The number of anilines is 1. The summed E-state index contributed by atoms with van der Waals surface area (Å²) < 4.78 is 40.9. The molecule has 1 aromatic carbocycles. The first kappa shape index (κ1) is 17.2. The molecule has 0 saturated heterocycles. The van der Waals surface area contributed by atoms with E-state index in [4.69, 9.17) is 17.3 Å². The topological polar surface area (TPSA) is 72.2 Å². The molecular weight excluding hydrogens is 471 g/mol. The van der Waals surface area contributed by atoms with Gasteiger partial charge in [0.1, 0.15) is 10.7 Å². The van der Waals surface area contributed by atoms with Crippen molar-refractivity contribution in [2.45, 2.75) is 11.4 Å². The number of sulfonamides is 1. The number of nitrogens with one attached hydrogen (secondary N) is 1. The normalized spacial score (nSPS) is 11.7. The molecule has 1 aromatic heterocycles. The highest BCUT2D eigenvalue weighted by atomic mass is 79.9. The van der Waals surface area contributed by atoms with Crippen molar-refractivity contribution < 1.29 is 12.8 Å². The van der Waals surface area contributed by atoms with E-state index in [0.29, 0.717) is 8.66 Å². The Labute approximate surface area is 146 Å². The van der Waals surface area contributed by atoms with E-state index in [1.165, 1.54) is 17.4 Å². The van der Waals surface area contributed by atoms with Crippen molar-refractivity contribution in [2.24, 2.45) is 5.73 Å². The number of halogens is 4. The molecule has 4 nitrogen and oxygen atoms in total. The van der Waals surface area contributed by atoms with Crippen LogP contribution in [-0.2, 0) is 16.6 Å². The molecule has 114 valence electrons. The van der Waals surface area contributed by atoms with Crippen LogP contribution in [0.4, 0.5) is 10.1 Å². The molecule has 21 heavy (non-hydrogen) atoms. The van der Waals surface area contributed by atoms with Crippen LogP contribution in [-0.4, -0.2) is 8.42 Å². The standard InChI is InChI=1S/C11H8Br2ClFN2O2S2/c12-7-1-5(15)2-8(14)10(7)17-21(18,19)9-3-6(4-16)20-11(9)13/h1-3,17H,4,16H2. The monoisotopic (exact) mass is 476 g/mol. The van der Waals surface area contributed by atoms with Crippen LogP contribution in [0.1, 0.15) is 4.88 Å². The maximum Gasteiger partial charge on any atom is 0.263 e. The average molecular weight is 479 g/mol. The van der Waals surface area contributed by atoms with E-state index < -0.39 is 15.8 Å². The SMILES string of the molecule is NCc1cc(S(=O)(=O)Nc2c(Cl)cc(F)cc2Br)c(Br)s1. The maximum absolute atomic E-state index is 13.2.